The largest absolute Gasteiger partial charge is 0.496 e. The lowest BCUT2D eigenvalue weighted by Crippen LogP contribution is -2.05. The molecule has 0 saturated carbocycles. The summed E-state index contributed by atoms with van der Waals surface area (Å²) in [4.78, 5) is 10.7. The van der Waals surface area contributed by atoms with Gasteiger partial charge in [0.15, 0.2) is 0 Å². The van der Waals surface area contributed by atoms with Crippen molar-refractivity contribution in [3.63, 3.8) is 0 Å². The third kappa shape index (κ3) is 2.47. The molecule has 0 aromatic heterocycles. The average Bonchev–Trinajstić information content (AvgIpc) is 2.03. The Kier molecular flexibility index (Phi) is 2.90. The number of rotatable bonds is 2. The fourth-order valence-corrected chi connectivity index (χ4v) is 1.02. The number of carbonyl (C=O) groups excluding carboxylic acids is 1. The van der Waals surface area contributed by atoms with E-state index in [2.05, 4.69) is 5.32 Å². The lowest BCUT2D eigenvalue weighted by molar-refractivity contribution is -0.114. The van der Waals surface area contributed by atoms with Crippen molar-refractivity contribution >= 4 is 11.6 Å². The molecule has 3 nitrogen and oxygen atoms in total. The molecule has 0 bridgehead atoms. The molecule has 68 valence electrons. The Hall–Kier alpha value is -1.51. The number of ether oxygens (including phenoxy) is 1. The summed E-state index contributed by atoms with van der Waals surface area (Å²) in [5, 5.41) is 2.62. The zero-order chi connectivity index (χ0) is 9.84. The predicted molar refractivity (Wildman–Crippen MR) is 50.7 cm³/mol. The van der Waals surface area contributed by atoms with Crippen LogP contribution in [0.2, 0.25) is 0 Å². The monoisotopic (exact) mass is 177 g/mol. The highest BCUT2D eigenvalue weighted by molar-refractivity contribution is 5.88. The number of methoxy groups -OCH3 is 1. The van der Waals surface area contributed by atoms with Gasteiger partial charge in [-0.05, 0) is 18.2 Å². The van der Waals surface area contributed by atoms with Crippen LogP contribution in [0.15, 0.2) is 18.2 Å². The van der Waals surface area contributed by atoms with Gasteiger partial charge in [0.05, 0.1) is 7.11 Å². The van der Waals surface area contributed by atoms with Gasteiger partial charge in [-0.3, -0.25) is 4.79 Å². The van der Waals surface area contributed by atoms with Gasteiger partial charge in [0, 0.05) is 25.1 Å². The summed E-state index contributed by atoms with van der Waals surface area (Å²) in [6.07, 6.45) is 0. The van der Waals surface area contributed by atoms with Crippen molar-refractivity contribution in [1.29, 1.82) is 0 Å². The minimum atomic E-state index is -0.121. The van der Waals surface area contributed by atoms with Crippen molar-refractivity contribution in [1.82, 2.24) is 0 Å². The van der Waals surface area contributed by atoms with Crippen molar-refractivity contribution in [2.45, 2.75) is 6.92 Å². The van der Waals surface area contributed by atoms with Crippen LogP contribution >= 0.6 is 0 Å². The fourth-order valence-electron chi connectivity index (χ4n) is 1.02. The van der Waals surface area contributed by atoms with Crippen LogP contribution in [-0.2, 0) is 4.79 Å². The van der Waals surface area contributed by atoms with Crippen molar-refractivity contribution in [2.75, 3.05) is 12.4 Å². The Bertz CT molecular complexity index is 321. The number of nitrogens with one attached hydrogen (secondary N) is 1. The maximum Gasteiger partial charge on any atom is 0.221 e. The van der Waals surface area contributed by atoms with E-state index in [1.807, 2.05) is 0 Å². The Morgan fingerprint density at radius 1 is 1.54 bits per heavy atom. The second-order valence-corrected chi connectivity index (χ2v) is 2.64. The lowest BCUT2D eigenvalue weighted by Gasteiger charge is -2.06. The maximum absolute atomic E-state index is 10.7. The van der Waals surface area contributed by atoms with Crippen LogP contribution in [0.4, 0.5) is 5.69 Å². The van der Waals surface area contributed by atoms with Gasteiger partial charge in [-0.25, -0.2) is 0 Å². The summed E-state index contributed by atoms with van der Waals surface area (Å²) in [6, 6.07) is 5.09. The first-order valence-electron chi connectivity index (χ1n) is 3.84. The highest BCUT2D eigenvalue weighted by Gasteiger charge is 2.00. The molecule has 0 saturated heterocycles. The van der Waals surface area contributed by atoms with Crippen LogP contribution in [0.25, 0.3) is 0 Å². The molecule has 1 aromatic rings. The summed E-state index contributed by atoms with van der Waals surface area (Å²) >= 11 is 0. The second-order valence-electron chi connectivity index (χ2n) is 2.64. The number of amides is 1. The summed E-state index contributed by atoms with van der Waals surface area (Å²) in [6.45, 7) is 7.08. The summed E-state index contributed by atoms with van der Waals surface area (Å²) in [7, 11) is 1.55. The first kappa shape index (κ1) is 9.58. The predicted octanol–water partition coefficient (Wildman–Crippen LogP) is 1.71. The molecule has 1 amide bonds. The zero-order valence-electron chi connectivity index (χ0n) is 7.63. The first-order valence-corrected chi connectivity index (χ1v) is 3.84. The molecule has 0 unspecified atom stereocenters. The summed E-state index contributed by atoms with van der Waals surface area (Å²) < 4.78 is 4.97. The number of hydrogen-bond donors (Lipinski definition) is 1. The maximum atomic E-state index is 10.7. The number of benzene rings is 1. The lowest BCUT2D eigenvalue weighted by atomic mass is 10.2. The van der Waals surface area contributed by atoms with E-state index >= 15 is 0 Å². The molecule has 13 heavy (non-hydrogen) atoms. The van der Waals surface area contributed by atoms with Crippen LogP contribution < -0.4 is 10.1 Å². The molecular weight excluding hydrogens is 166 g/mol. The van der Waals surface area contributed by atoms with Crippen LogP contribution in [-0.4, -0.2) is 13.0 Å². The van der Waals surface area contributed by atoms with Gasteiger partial charge in [-0.1, -0.05) is 0 Å². The second kappa shape index (κ2) is 3.94. The third-order valence-electron chi connectivity index (χ3n) is 1.55. The topological polar surface area (TPSA) is 38.3 Å². The van der Waals surface area contributed by atoms with Gasteiger partial charge < -0.3 is 10.1 Å². The molecule has 0 aliphatic carbocycles. The van der Waals surface area contributed by atoms with Gasteiger partial charge in [0.25, 0.3) is 0 Å². The van der Waals surface area contributed by atoms with Crippen LogP contribution in [0.3, 0.4) is 0 Å². The van der Waals surface area contributed by atoms with Crippen molar-refractivity contribution in [3.8, 4) is 5.75 Å². The van der Waals surface area contributed by atoms with Crippen LogP contribution in [0, 0.1) is 6.92 Å². The number of carbonyl (C=O) groups is 1. The molecule has 1 rings (SSSR count). The molecule has 0 atom stereocenters. The molecule has 0 heterocycles. The van der Waals surface area contributed by atoms with Gasteiger partial charge in [-0.15, -0.1) is 0 Å². The number of hydrogen-bond acceptors (Lipinski definition) is 2. The van der Waals surface area contributed by atoms with Crippen molar-refractivity contribution < 1.29 is 9.53 Å². The molecule has 3 heteroatoms. The Balaban J connectivity index is 2.89. The van der Waals surface area contributed by atoms with Crippen molar-refractivity contribution in [2.24, 2.45) is 0 Å². The van der Waals surface area contributed by atoms with E-state index < -0.39 is 0 Å². The normalized spacial score (nSPS) is 9.46. The Morgan fingerprint density at radius 2 is 2.23 bits per heavy atom. The standard InChI is InChI=1S/C10H11NO2/c1-7-6-9(11-8(2)12)4-5-10(7)13-3/h1,4-6H,2-3H3,(H,11,12). The molecule has 1 aromatic carbocycles. The minimum Gasteiger partial charge on any atom is -0.496 e. The van der Waals surface area contributed by atoms with E-state index in [4.69, 9.17) is 11.7 Å². The Morgan fingerprint density at radius 3 is 2.69 bits per heavy atom. The minimum absolute atomic E-state index is 0.121. The van der Waals surface area contributed by atoms with Crippen LogP contribution in [0.1, 0.15) is 12.5 Å². The quantitative estimate of drug-likeness (QED) is 0.746. The molecule has 0 aliphatic heterocycles. The smallest absolute Gasteiger partial charge is 0.221 e. The van der Waals surface area contributed by atoms with Gasteiger partial charge in [0.1, 0.15) is 5.75 Å². The zero-order valence-corrected chi connectivity index (χ0v) is 7.63. The third-order valence-corrected chi connectivity index (χ3v) is 1.55. The highest BCUT2D eigenvalue weighted by atomic mass is 16.5. The molecule has 0 spiro atoms. The summed E-state index contributed by atoms with van der Waals surface area (Å²) in [5.74, 6) is 0.485. The molecule has 0 aliphatic rings. The van der Waals surface area contributed by atoms with E-state index in [0.29, 0.717) is 17.0 Å². The Labute approximate surface area is 77.7 Å². The van der Waals surface area contributed by atoms with Crippen molar-refractivity contribution in [3.05, 3.63) is 30.7 Å². The molecule has 2 radical (unpaired) electrons. The van der Waals surface area contributed by atoms with Crippen LogP contribution in [0.5, 0.6) is 5.75 Å². The SMILES string of the molecule is [CH]c1cc(NC(C)=O)ccc1OC. The van der Waals surface area contributed by atoms with E-state index in [9.17, 15) is 4.79 Å². The number of anilines is 1. The molecular formula is C10H11NO2. The van der Waals surface area contributed by atoms with E-state index in [0.717, 1.165) is 0 Å². The van der Waals surface area contributed by atoms with E-state index in [1.165, 1.54) is 6.92 Å². The molecule has 1 N–H and O–H groups in total. The van der Waals surface area contributed by atoms with Gasteiger partial charge >= 0.3 is 0 Å². The van der Waals surface area contributed by atoms with E-state index in [-0.39, 0.29) is 5.91 Å². The summed E-state index contributed by atoms with van der Waals surface area (Å²) in [5.41, 5.74) is 1.18. The average molecular weight is 177 g/mol. The fraction of sp³-hybridized carbons (Fsp3) is 0.200. The van der Waals surface area contributed by atoms with E-state index in [1.54, 1.807) is 25.3 Å². The highest BCUT2D eigenvalue weighted by Crippen LogP contribution is 2.21. The molecule has 0 fully saturated rings. The van der Waals surface area contributed by atoms with Gasteiger partial charge in [-0.2, -0.15) is 0 Å². The van der Waals surface area contributed by atoms with Gasteiger partial charge in [0.2, 0.25) is 5.91 Å². The first-order chi connectivity index (χ1) is 6.13.